The summed E-state index contributed by atoms with van der Waals surface area (Å²) in [6, 6.07) is 13.7. The maximum atomic E-state index is 12.6. The van der Waals surface area contributed by atoms with Crippen molar-refractivity contribution in [3.8, 4) is 11.3 Å². The molecule has 0 bridgehead atoms. The Kier molecular flexibility index (Phi) is 4.59. The van der Waals surface area contributed by atoms with Gasteiger partial charge < -0.3 is 0 Å². The molecule has 5 nitrogen and oxygen atoms in total. The van der Waals surface area contributed by atoms with Gasteiger partial charge in [-0.1, -0.05) is 19.6 Å². The molecule has 3 aromatic heterocycles. The number of hydrogen-bond acceptors (Lipinski definition) is 3. The van der Waals surface area contributed by atoms with Crippen molar-refractivity contribution in [1.82, 2.24) is 19.2 Å². The van der Waals surface area contributed by atoms with Gasteiger partial charge in [0.05, 0.1) is 16.6 Å². The Labute approximate surface area is 157 Å². The normalized spacial score (nSPS) is 13.4. The van der Waals surface area contributed by atoms with Crippen LogP contribution in [0.25, 0.3) is 27.8 Å². The van der Waals surface area contributed by atoms with Gasteiger partial charge in [-0.05, 0) is 37.1 Å². The number of rotatable bonds is 2. The zero-order valence-electron chi connectivity index (χ0n) is 13.7. The molecule has 0 amide bonds. The first kappa shape index (κ1) is 18.1. The van der Waals surface area contributed by atoms with Crippen molar-refractivity contribution in [3.63, 3.8) is 0 Å². The lowest BCUT2D eigenvalue weighted by atomic mass is 10.1. The van der Waals surface area contributed by atoms with E-state index < -0.39 is 0 Å². The Morgan fingerprint density at radius 3 is 2.65 bits per heavy atom. The molecule has 0 atom stereocenters. The molecule has 3 heterocycles. The Morgan fingerprint density at radius 2 is 1.88 bits per heavy atom. The molecule has 1 saturated carbocycles. The van der Waals surface area contributed by atoms with E-state index in [4.69, 9.17) is 5.10 Å². The summed E-state index contributed by atoms with van der Waals surface area (Å²) in [5.74, 6) is 0.604. The molecule has 5 rings (SSSR count). The predicted octanol–water partition coefficient (Wildman–Crippen LogP) is 4.18. The third-order valence-corrected chi connectivity index (χ3v) is 4.77. The Morgan fingerprint density at radius 1 is 1.12 bits per heavy atom. The highest BCUT2D eigenvalue weighted by Gasteiger charge is 2.25. The van der Waals surface area contributed by atoms with Gasteiger partial charge in [0.15, 0.2) is 0 Å². The summed E-state index contributed by atoms with van der Waals surface area (Å²) in [6.45, 7) is 0. The third-order valence-electron chi connectivity index (χ3n) is 4.77. The zero-order valence-corrected chi connectivity index (χ0v) is 14.5. The minimum atomic E-state index is -0.00190. The maximum Gasteiger partial charge on any atom is 0.261 e. The van der Waals surface area contributed by atoms with Crippen molar-refractivity contribution in [1.29, 1.82) is 0 Å². The van der Waals surface area contributed by atoms with Gasteiger partial charge in [0.1, 0.15) is 5.65 Å². The van der Waals surface area contributed by atoms with Gasteiger partial charge in [0.2, 0.25) is 0 Å². The molecule has 0 unspecified atom stereocenters. The molecule has 0 N–H and O–H groups in total. The van der Waals surface area contributed by atoms with E-state index in [2.05, 4.69) is 11.1 Å². The molecule has 0 radical (unpaired) electrons. The second kappa shape index (κ2) is 6.57. The van der Waals surface area contributed by atoms with Crippen LogP contribution in [0.4, 0.5) is 0 Å². The molecule has 6 heteroatoms. The summed E-state index contributed by atoms with van der Waals surface area (Å²) in [5.41, 5.74) is 4.68. The lowest BCUT2D eigenvalue weighted by Gasteiger charge is -2.05. The van der Waals surface area contributed by atoms with Crippen LogP contribution in [0.15, 0.2) is 53.5 Å². The maximum absolute atomic E-state index is 12.6. The van der Waals surface area contributed by atoms with Crippen molar-refractivity contribution in [2.75, 3.05) is 0 Å². The summed E-state index contributed by atoms with van der Waals surface area (Å²) >= 11 is 0. The molecule has 1 aliphatic carbocycles. The summed E-state index contributed by atoms with van der Waals surface area (Å²) in [7, 11) is 1.79. The average molecular weight is 369 g/mol. The molecule has 0 saturated heterocycles. The molecule has 4 aromatic rings. The Bertz CT molecular complexity index is 1160. The van der Waals surface area contributed by atoms with Crippen LogP contribution in [0, 0.1) is 0 Å². The number of aryl methyl sites for hydroxylation is 1. The number of para-hydroxylation sites is 1. The monoisotopic (exact) mass is 368 g/mol. The van der Waals surface area contributed by atoms with Crippen LogP contribution in [0.3, 0.4) is 0 Å². The van der Waals surface area contributed by atoms with Crippen LogP contribution >= 0.6 is 12.4 Å². The summed E-state index contributed by atoms with van der Waals surface area (Å²) in [4.78, 5) is 17.0. The van der Waals surface area contributed by atoms with Crippen LogP contribution < -0.4 is 5.56 Å². The van der Waals surface area contributed by atoms with Gasteiger partial charge in [-0.3, -0.25) is 14.3 Å². The summed E-state index contributed by atoms with van der Waals surface area (Å²) in [5, 5.41) is 5.44. The zero-order chi connectivity index (χ0) is 16.3. The highest BCUT2D eigenvalue weighted by Crippen LogP contribution is 2.39. The molecular weight excluding hydrogens is 348 g/mol. The fourth-order valence-corrected chi connectivity index (χ4v) is 3.26. The first-order chi connectivity index (χ1) is 11.7. The highest BCUT2D eigenvalue weighted by molar-refractivity contribution is 5.85. The summed E-state index contributed by atoms with van der Waals surface area (Å²) in [6.07, 6.45) is 4.30. The average Bonchev–Trinajstić information content (AvgIpc) is 3.38. The van der Waals surface area contributed by atoms with Crippen LogP contribution in [-0.2, 0) is 7.05 Å². The van der Waals surface area contributed by atoms with Crippen molar-refractivity contribution in [2.45, 2.75) is 26.2 Å². The second-order valence-corrected chi connectivity index (χ2v) is 6.42. The number of benzene rings is 1. The van der Waals surface area contributed by atoms with Crippen molar-refractivity contribution in [3.05, 3.63) is 64.7 Å². The van der Waals surface area contributed by atoms with Crippen molar-refractivity contribution < 1.29 is 0 Å². The standard InChI is InChI=1S/C19H16N4O.CH4.ClH/c1-22-18-11-16(13-8-9-20-15(10-13)12-6-7-12)21-23(18)17-5-3-2-4-14(17)19(22)24;;/h2-5,8-12H,6-7H2,1H3;1H4;1H. The van der Waals surface area contributed by atoms with Gasteiger partial charge in [-0.15, -0.1) is 12.4 Å². The van der Waals surface area contributed by atoms with Gasteiger partial charge in [-0.25, -0.2) is 4.52 Å². The quantitative estimate of drug-likeness (QED) is 0.533. The predicted molar refractivity (Wildman–Crippen MR) is 107 cm³/mol. The summed E-state index contributed by atoms with van der Waals surface area (Å²) < 4.78 is 3.51. The van der Waals surface area contributed by atoms with Crippen LogP contribution in [0.2, 0.25) is 0 Å². The lowest BCUT2D eigenvalue weighted by molar-refractivity contribution is 0.850. The van der Waals surface area contributed by atoms with Crippen LogP contribution in [0.5, 0.6) is 0 Å². The Hall–Kier alpha value is -2.66. The Balaban J connectivity index is 0.000000980. The molecule has 134 valence electrons. The van der Waals surface area contributed by atoms with Gasteiger partial charge in [-0.2, -0.15) is 5.10 Å². The van der Waals surface area contributed by atoms with Gasteiger partial charge in [0, 0.05) is 36.5 Å². The van der Waals surface area contributed by atoms with E-state index >= 15 is 0 Å². The third kappa shape index (κ3) is 2.69. The lowest BCUT2D eigenvalue weighted by Crippen LogP contribution is -2.19. The van der Waals surface area contributed by atoms with Crippen LogP contribution in [-0.4, -0.2) is 19.2 Å². The number of halogens is 1. The molecule has 26 heavy (non-hydrogen) atoms. The SMILES string of the molecule is C.Cl.Cn1c(=O)c2ccccc2n2nc(-c3ccnc(C4CC4)c3)cc12. The van der Waals surface area contributed by atoms with Gasteiger partial charge >= 0.3 is 0 Å². The highest BCUT2D eigenvalue weighted by atomic mass is 35.5. The van der Waals surface area contributed by atoms with E-state index in [-0.39, 0.29) is 25.4 Å². The molecule has 1 aliphatic rings. The number of hydrogen-bond donors (Lipinski definition) is 0. The molecule has 0 spiro atoms. The minimum Gasteiger partial charge on any atom is -0.296 e. The number of nitrogens with zero attached hydrogens (tertiary/aromatic N) is 4. The van der Waals surface area contributed by atoms with E-state index in [1.54, 1.807) is 11.6 Å². The van der Waals surface area contributed by atoms with E-state index in [1.807, 2.05) is 47.1 Å². The van der Waals surface area contributed by atoms with Crippen molar-refractivity contribution in [2.24, 2.45) is 7.05 Å². The molecule has 1 fully saturated rings. The minimum absolute atomic E-state index is 0. The van der Waals surface area contributed by atoms with Gasteiger partial charge in [0.25, 0.3) is 5.56 Å². The number of fused-ring (bicyclic) bond motifs is 3. The topological polar surface area (TPSA) is 52.2 Å². The van der Waals surface area contributed by atoms with E-state index in [1.165, 1.54) is 12.8 Å². The molecular formula is C20H21ClN4O. The molecule has 0 aliphatic heterocycles. The van der Waals surface area contributed by atoms with E-state index in [0.717, 1.165) is 28.1 Å². The van der Waals surface area contributed by atoms with Crippen molar-refractivity contribution >= 4 is 29.0 Å². The number of pyridine rings is 1. The smallest absolute Gasteiger partial charge is 0.261 e. The van der Waals surface area contributed by atoms with E-state index in [9.17, 15) is 4.79 Å². The van der Waals surface area contributed by atoms with E-state index in [0.29, 0.717) is 11.3 Å². The molecule has 1 aromatic carbocycles. The first-order valence-electron chi connectivity index (χ1n) is 8.16. The van der Waals surface area contributed by atoms with Crippen LogP contribution in [0.1, 0.15) is 31.9 Å². The fourth-order valence-electron chi connectivity index (χ4n) is 3.26. The fraction of sp³-hybridized carbons (Fsp3) is 0.250. The first-order valence-corrected chi connectivity index (χ1v) is 8.16. The second-order valence-electron chi connectivity index (χ2n) is 6.42. The number of aromatic nitrogens is 4. The largest absolute Gasteiger partial charge is 0.296 e.